The van der Waals surface area contributed by atoms with Gasteiger partial charge >= 0.3 is 0 Å². The first-order chi connectivity index (χ1) is 9.04. The van der Waals surface area contributed by atoms with E-state index in [-0.39, 0.29) is 10.6 Å². The molecule has 3 N–H and O–H groups in total. The van der Waals surface area contributed by atoms with E-state index in [4.69, 9.17) is 5.73 Å². The van der Waals surface area contributed by atoms with Crippen LogP contribution in [0, 0.1) is 0 Å². The monoisotopic (exact) mass is 295 g/mol. The average molecular weight is 295 g/mol. The van der Waals surface area contributed by atoms with E-state index in [9.17, 15) is 8.42 Å². The lowest BCUT2D eigenvalue weighted by Gasteiger charge is -2.12. The van der Waals surface area contributed by atoms with Gasteiger partial charge in [-0.25, -0.2) is 8.42 Å². The zero-order valence-corrected chi connectivity index (χ0v) is 11.8. The van der Waals surface area contributed by atoms with Crippen LogP contribution in [0.3, 0.4) is 0 Å². The minimum absolute atomic E-state index is 0.0223. The highest BCUT2D eigenvalue weighted by atomic mass is 32.2. The fraction of sp³-hybridized carbons (Fsp3) is 0.0833. The molecule has 0 atom stereocenters. The first-order valence-electron chi connectivity index (χ1n) is 5.40. The van der Waals surface area contributed by atoms with Crippen molar-refractivity contribution in [2.75, 3.05) is 16.7 Å². The van der Waals surface area contributed by atoms with Crippen molar-refractivity contribution in [3.8, 4) is 0 Å². The minimum Gasteiger partial charge on any atom is -0.398 e. The molecule has 19 heavy (non-hydrogen) atoms. The third kappa shape index (κ3) is 2.99. The maximum atomic E-state index is 12.3. The summed E-state index contributed by atoms with van der Waals surface area (Å²) in [5.41, 5.74) is 6.36. The largest absolute Gasteiger partial charge is 0.398 e. The molecule has 0 spiro atoms. The van der Waals surface area contributed by atoms with Crippen LogP contribution in [-0.4, -0.2) is 19.7 Å². The van der Waals surface area contributed by atoms with E-state index in [1.54, 1.807) is 12.1 Å². The number of nitrogens with one attached hydrogen (secondary N) is 1. The van der Waals surface area contributed by atoms with Gasteiger partial charge in [0.05, 0.1) is 11.4 Å². The highest BCUT2D eigenvalue weighted by Crippen LogP contribution is 2.27. The number of rotatable bonds is 4. The lowest BCUT2D eigenvalue weighted by Crippen LogP contribution is -2.15. The van der Waals surface area contributed by atoms with Crippen LogP contribution in [0.15, 0.2) is 52.5 Å². The molecule has 0 fully saturated rings. The Balaban J connectivity index is 2.40. The molecule has 2 aromatic rings. The quantitative estimate of drug-likeness (QED) is 0.845. The summed E-state index contributed by atoms with van der Waals surface area (Å²) in [5, 5.41) is 0. The van der Waals surface area contributed by atoms with E-state index in [2.05, 4.69) is 9.71 Å². The molecule has 0 unspecified atom stereocenters. The molecule has 0 saturated carbocycles. The van der Waals surface area contributed by atoms with E-state index in [0.29, 0.717) is 5.69 Å². The fourth-order valence-electron chi connectivity index (χ4n) is 1.54. The van der Waals surface area contributed by atoms with Crippen molar-refractivity contribution in [3.05, 3.63) is 42.7 Å². The number of sulfonamides is 1. The fourth-order valence-corrected chi connectivity index (χ4v) is 3.32. The van der Waals surface area contributed by atoms with Crippen molar-refractivity contribution in [3.63, 3.8) is 0 Å². The summed E-state index contributed by atoms with van der Waals surface area (Å²) in [6.45, 7) is 0. The second kappa shape index (κ2) is 5.50. The molecule has 2 rings (SSSR count). The second-order valence-corrected chi connectivity index (χ2v) is 6.22. The zero-order chi connectivity index (χ0) is 13.9. The normalized spacial score (nSPS) is 11.2. The van der Waals surface area contributed by atoms with Crippen LogP contribution in [0.1, 0.15) is 0 Å². The van der Waals surface area contributed by atoms with Gasteiger partial charge in [-0.05, 0) is 24.5 Å². The van der Waals surface area contributed by atoms with Gasteiger partial charge in [-0.1, -0.05) is 12.1 Å². The topological polar surface area (TPSA) is 85.1 Å². The maximum Gasteiger partial charge on any atom is 0.265 e. The number of nitrogens with two attached hydrogens (primary N) is 1. The third-order valence-corrected chi connectivity index (χ3v) is 4.66. The summed E-state index contributed by atoms with van der Waals surface area (Å²) in [7, 11) is -3.73. The molecule has 1 aromatic carbocycles. The summed E-state index contributed by atoms with van der Waals surface area (Å²) in [4.78, 5) is 4.61. The Labute approximate surface area is 116 Å². The molecule has 0 aliphatic heterocycles. The van der Waals surface area contributed by atoms with Crippen LogP contribution < -0.4 is 10.5 Å². The number of pyridine rings is 1. The summed E-state index contributed by atoms with van der Waals surface area (Å²) in [6, 6.07) is 8.62. The number of nitrogens with zero attached hydrogens (tertiary/aromatic N) is 1. The Kier molecular flexibility index (Phi) is 3.96. The molecule has 0 radical (unpaired) electrons. The molecule has 100 valence electrons. The summed E-state index contributed by atoms with van der Waals surface area (Å²) in [6.07, 6.45) is 4.56. The van der Waals surface area contributed by atoms with E-state index in [1.165, 1.54) is 30.2 Å². The van der Waals surface area contributed by atoms with Crippen LogP contribution in [0.2, 0.25) is 0 Å². The van der Waals surface area contributed by atoms with Crippen LogP contribution in [0.4, 0.5) is 11.4 Å². The molecule has 1 aromatic heterocycles. The highest BCUT2D eigenvalue weighted by Gasteiger charge is 2.18. The van der Waals surface area contributed by atoms with Crippen molar-refractivity contribution >= 4 is 33.2 Å². The Hall–Kier alpha value is -1.73. The number of nitrogen functional groups attached to an aromatic ring is 1. The molecule has 5 nitrogen and oxygen atoms in total. The standard InChI is InChI=1S/C12H13N3O2S2/c1-18-11-5-3-2-4-10(11)15-19(16,17)12-8-14-7-6-9(12)13/h2-8,15H,1H3,(H2,13,14). The molecular weight excluding hydrogens is 282 g/mol. The first kappa shape index (κ1) is 13.7. The summed E-state index contributed by atoms with van der Waals surface area (Å²) < 4.78 is 27.0. The van der Waals surface area contributed by atoms with Gasteiger partial charge in [0.15, 0.2) is 0 Å². The highest BCUT2D eigenvalue weighted by molar-refractivity contribution is 7.99. The number of thioether (sulfide) groups is 1. The number of para-hydroxylation sites is 1. The van der Waals surface area contributed by atoms with E-state index in [1.807, 2.05) is 18.4 Å². The number of aromatic nitrogens is 1. The van der Waals surface area contributed by atoms with E-state index >= 15 is 0 Å². The Bertz CT molecular complexity index is 687. The molecule has 1 heterocycles. The predicted molar refractivity (Wildman–Crippen MR) is 77.7 cm³/mol. The van der Waals surface area contributed by atoms with Crippen LogP contribution in [-0.2, 0) is 10.0 Å². The van der Waals surface area contributed by atoms with Crippen molar-refractivity contribution in [1.29, 1.82) is 0 Å². The van der Waals surface area contributed by atoms with Gasteiger partial charge < -0.3 is 5.73 Å². The van der Waals surface area contributed by atoms with E-state index in [0.717, 1.165) is 4.90 Å². The van der Waals surface area contributed by atoms with Gasteiger partial charge in [-0.15, -0.1) is 11.8 Å². The molecule has 0 aliphatic rings. The summed E-state index contributed by atoms with van der Waals surface area (Å²) in [5.74, 6) is 0. The van der Waals surface area contributed by atoms with Crippen molar-refractivity contribution in [2.24, 2.45) is 0 Å². The number of hydrogen-bond acceptors (Lipinski definition) is 5. The maximum absolute atomic E-state index is 12.3. The molecule has 0 saturated heterocycles. The Morgan fingerprint density at radius 3 is 2.68 bits per heavy atom. The Morgan fingerprint density at radius 1 is 1.26 bits per heavy atom. The minimum atomic E-state index is -3.73. The molecular formula is C12H13N3O2S2. The zero-order valence-electron chi connectivity index (χ0n) is 10.2. The number of hydrogen-bond donors (Lipinski definition) is 2. The van der Waals surface area contributed by atoms with Gasteiger partial charge in [-0.2, -0.15) is 0 Å². The SMILES string of the molecule is CSc1ccccc1NS(=O)(=O)c1cnccc1N. The lowest BCUT2D eigenvalue weighted by molar-refractivity contribution is 0.601. The van der Waals surface area contributed by atoms with Crippen LogP contribution in [0.5, 0.6) is 0 Å². The predicted octanol–water partition coefficient (Wildman–Crippen LogP) is 2.19. The van der Waals surface area contributed by atoms with Crippen molar-refractivity contribution < 1.29 is 8.42 Å². The molecule has 7 heteroatoms. The smallest absolute Gasteiger partial charge is 0.265 e. The second-order valence-electron chi connectivity index (χ2n) is 3.72. The lowest BCUT2D eigenvalue weighted by atomic mass is 10.3. The third-order valence-electron chi connectivity index (χ3n) is 2.46. The van der Waals surface area contributed by atoms with Crippen molar-refractivity contribution in [1.82, 2.24) is 4.98 Å². The van der Waals surface area contributed by atoms with Gasteiger partial charge in [0.25, 0.3) is 10.0 Å². The van der Waals surface area contributed by atoms with Crippen molar-refractivity contribution in [2.45, 2.75) is 9.79 Å². The molecule has 0 amide bonds. The van der Waals surface area contributed by atoms with Gasteiger partial charge in [-0.3, -0.25) is 9.71 Å². The number of anilines is 2. The summed E-state index contributed by atoms with van der Waals surface area (Å²) >= 11 is 1.46. The average Bonchev–Trinajstić information content (AvgIpc) is 2.39. The first-order valence-corrected chi connectivity index (χ1v) is 8.10. The molecule has 0 aliphatic carbocycles. The van der Waals surface area contributed by atoms with Crippen LogP contribution in [0.25, 0.3) is 0 Å². The number of benzene rings is 1. The van der Waals surface area contributed by atoms with Gasteiger partial charge in [0, 0.05) is 17.3 Å². The van der Waals surface area contributed by atoms with Crippen LogP contribution >= 0.6 is 11.8 Å². The molecule has 0 bridgehead atoms. The Morgan fingerprint density at radius 2 is 2.00 bits per heavy atom. The van der Waals surface area contributed by atoms with Gasteiger partial charge in [0.1, 0.15) is 4.90 Å². The van der Waals surface area contributed by atoms with Gasteiger partial charge in [0.2, 0.25) is 0 Å². The van der Waals surface area contributed by atoms with E-state index < -0.39 is 10.0 Å².